The number of hydrogen-bond acceptors (Lipinski definition) is 2. The van der Waals surface area contributed by atoms with Crippen LogP contribution in [-0.4, -0.2) is 6.54 Å². The molecule has 0 aliphatic heterocycles. The predicted octanol–water partition coefficient (Wildman–Crippen LogP) is 4.61. The van der Waals surface area contributed by atoms with Crippen LogP contribution in [0, 0.1) is 6.92 Å². The fourth-order valence-corrected chi connectivity index (χ4v) is 1.96. The molecule has 2 aromatic rings. The molecule has 0 fully saturated rings. The van der Waals surface area contributed by atoms with Crippen LogP contribution >= 0.6 is 24.0 Å². The maximum atomic E-state index is 6.11. The van der Waals surface area contributed by atoms with Gasteiger partial charge in [-0.15, -0.1) is 19.0 Å². The molecule has 0 atom stereocenters. The molecule has 1 N–H and O–H groups in total. The number of rotatable bonds is 5. The summed E-state index contributed by atoms with van der Waals surface area (Å²) in [4.78, 5) is 0. The maximum Gasteiger partial charge on any atom is 0.134 e. The van der Waals surface area contributed by atoms with Crippen LogP contribution in [0.2, 0.25) is 5.02 Å². The quantitative estimate of drug-likeness (QED) is 0.644. The third kappa shape index (κ3) is 3.87. The van der Waals surface area contributed by atoms with Crippen molar-refractivity contribution in [1.82, 2.24) is 5.32 Å². The van der Waals surface area contributed by atoms with Gasteiger partial charge in [-0.2, -0.15) is 0 Å². The topological polar surface area (TPSA) is 25.2 Å². The monoisotopic (exact) mass is 297 g/mol. The Hall–Kier alpha value is -1.22. The van der Waals surface area contributed by atoms with Crippen molar-refractivity contribution in [2.75, 3.05) is 6.54 Å². The Bertz CT molecular complexity index is 549. The molecular formula is C15H17Cl2NO. The van der Waals surface area contributed by atoms with Gasteiger partial charge < -0.3 is 9.73 Å². The molecular weight excluding hydrogens is 281 g/mol. The average molecular weight is 298 g/mol. The third-order valence-corrected chi connectivity index (χ3v) is 3.19. The average Bonchev–Trinajstić information content (AvgIpc) is 2.82. The van der Waals surface area contributed by atoms with Crippen molar-refractivity contribution in [3.05, 3.63) is 59.3 Å². The smallest absolute Gasteiger partial charge is 0.134 e. The Morgan fingerprint density at radius 2 is 2.11 bits per heavy atom. The summed E-state index contributed by atoms with van der Waals surface area (Å²) in [7, 11) is 0. The van der Waals surface area contributed by atoms with Crippen molar-refractivity contribution < 1.29 is 4.42 Å². The van der Waals surface area contributed by atoms with Crippen LogP contribution in [0.4, 0.5) is 0 Å². The van der Waals surface area contributed by atoms with E-state index in [1.807, 2.05) is 43.3 Å². The van der Waals surface area contributed by atoms with E-state index in [9.17, 15) is 0 Å². The molecule has 1 heterocycles. The summed E-state index contributed by atoms with van der Waals surface area (Å²) in [6.45, 7) is 7.12. The number of hydrogen-bond donors (Lipinski definition) is 1. The zero-order valence-corrected chi connectivity index (χ0v) is 12.4. The Labute approximate surface area is 124 Å². The van der Waals surface area contributed by atoms with Gasteiger partial charge in [-0.25, -0.2) is 0 Å². The Morgan fingerprint density at radius 1 is 1.32 bits per heavy atom. The molecule has 0 amide bonds. The molecule has 0 unspecified atom stereocenters. The van der Waals surface area contributed by atoms with Gasteiger partial charge in [0.1, 0.15) is 11.5 Å². The summed E-state index contributed by atoms with van der Waals surface area (Å²) in [5, 5.41) is 3.96. The molecule has 0 bridgehead atoms. The van der Waals surface area contributed by atoms with Crippen LogP contribution in [0.15, 0.2) is 47.4 Å². The summed E-state index contributed by atoms with van der Waals surface area (Å²) >= 11 is 6.11. The van der Waals surface area contributed by atoms with Gasteiger partial charge in [0.25, 0.3) is 0 Å². The molecule has 2 nitrogen and oxygen atoms in total. The normalized spacial score (nSPS) is 10.0. The largest absolute Gasteiger partial charge is 0.460 e. The molecule has 0 spiro atoms. The standard InChI is InChI=1S/C15H16ClNO.ClH/c1-3-9-17-10-12-7-8-15(18-12)13-5-4-6-14(16)11(13)2;/h3-8,17H,1,9-10H2,2H3;1H. The molecule has 0 radical (unpaired) electrons. The highest BCUT2D eigenvalue weighted by molar-refractivity contribution is 6.31. The van der Waals surface area contributed by atoms with Crippen molar-refractivity contribution in [1.29, 1.82) is 0 Å². The van der Waals surface area contributed by atoms with Gasteiger partial charge in [-0.05, 0) is 30.7 Å². The number of benzene rings is 1. The lowest BCUT2D eigenvalue weighted by Crippen LogP contribution is -2.11. The SMILES string of the molecule is C=CCNCc1ccc(-c2cccc(Cl)c2C)o1.Cl. The van der Waals surface area contributed by atoms with Gasteiger partial charge in [0.05, 0.1) is 6.54 Å². The molecule has 102 valence electrons. The second kappa shape index (κ2) is 7.39. The molecule has 0 saturated heterocycles. The first-order chi connectivity index (χ1) is 8.72. The molecule has 1 aromatic carbocycles. The zero-order chi connectivity index (χ0) is 13.0. The Balaban J connectivity index is 0.00000180. The van der Waals surface area contributed by atoms with Crippen molar-refractivity contribution in [3.8, 4) is 11.3 Å². The minimum Gasteiger partial charge on any atom is -0.460 e. The number of furan rings is 1. The summed E-state index contributed by atoms with van der Waals surface area (Å²) in [5.41, 5.74) is 2.08. The number of halogens is 2. The Morgan fingerprint density at radius 3 is 2.84 bits per heavy atom. The van der Waals surface area contributed by atoms with Gasteiger partial charge in [-0.3, -0.25) is 0 Å². The van der Waals surface area contributed by atoms with E-state index in [2.05, 4.69) is 11.9 Å². The first-order valence-corrected chi connectivity index (χ1v) is 6.26. The van der Waals surface area contributed by atoms with E-state index >= 15 is 0 Å². The zero-order valence-electron chi connectivity index (χ0n) is 10.8. The van der Waals surface area contributed by atoms with Crippen molar-refractivity contribution in [3.63, 3.8) is 0 Å². The molecule has 2 rings (SSSR count). The lowest BCUT2D eigenvalue weighted by molar-refractivity contribution is 0.501. The minimum absolute atomic E-state index is 0. The lowest BCUT2D eigenvalue weighted by Gasteiger charge is -2.04. The van der Waals surface area contributed by atoms with Crippen molar-refractivity contribution in [2.24, 2.45) is 0 Å². The van der Waals surface area contributed by atoms with Crippen molar-refractivity contribution >= 4 is 24.0 Å². The van der Waals surface area contributed by atoms with Crippen LogP contribution in [0.1, 0.15) is 11.3 Å². The first-order valence-electron chi connectivity index (χ1n) is 5.88. The van der Waals surface area contributed by atoms with E-state index in [4.69, 9.17) is 16.0 Å². The summed E-state index contributed by atoms with van der Waals surface area (Å²) in [6, 6.07) is 9.79. The molecule has 0 aliphatic carbocycles. The van der Waals surface area contributed by atoms with Crippen LogP contribution in [-0.2, 0) is 6.54 Å². The highest BCUT2D eigenvalue weighted by Crippen LogP contribution is 2.29. The fourth-order valence-electron chi connectivity index (χ4n) is 1.79. The maximum absolute atomic E-state index is 6.11. The first kappa shape index (κ1) is 15.8. The molecule has 19 heavy (non-hydrogen) atoms. The van der Waals surface area contributed by atoms with Crippen LogP contribution in [0.25, 0.3) is 11.3 Å². The third-order valence-electron chi connectivity index (χ3n) is 2.78. The molecule has 0 aliphatic rings. The highest BCUT2D eigenvalue weighted by Gasteiger charge is 2.08. The molecule has 1 aromatic heterocycles. The van der Waals surface area contributed by atoms with E-state index in [0.29, 0.717) is 6.54 Å². The van der Waals surface area contributed by atoms with Crippen LogP contribution in [0.3, 0.4) is 0 Å². The second-order valence-electron chi connectivity index (χ2n) is 4.10. The number of nitrogens with one attached hydrogen (secondary N) is 1. The van der Waals surface area contributed by atoms with Gasteiger partial charge in [-0.1, -0.05) is 29.8 Å². The lowest BCUT2D eigenvalue weighted by atomic mass is 10.1. The second-order valence-corrected chi connectivity index (χ2v) is 4.51. The molecule has 0 saturated carbocycles. The summed E-state index contributed by atoms with van der Waals surface area (Å²) in [5.74, 6) is 1.76. The fraction of sp³-hybridized carbons (Fsp3) is 0.200. The van der Waals surface area contributed by atoms with E-state index < -0.39 is 0 Å². The summed E-state index contributed by atoms with van der Waals surface area (Å²) in [6.07, 6.45) is 1.82. The van der Waals surface area contributed by atoms with Gasteiger partial charge >= 0.3 is 0 Å². The predicted molar refractivity (Wildman–Crippen MR) is 83.0 cm³/mol. The summed E-state index contributed by atoms with van der Waals surface area (Å²) < 4.78 is 5.80. The van der Waals surface area contributed by atoms with Gasteiger partial charge in [0, 0.05) is 17.1 Å². The van der Waals surface area contributed by atoms with E-state index in [1.54, 1.807) is 0 Å². The van der Waals surface area contributed by atoms with Crippen LogP contribution in [0.5, 0.6) is 0 Å². The molecule has 4 heteroatoms. The van der Waals surface area contributed by atoms with E-state index in [1.165, 1.54) is 0 Å². The van der Waals surface area contributed by atoms with Crippen molar-refractivity contribution in [2.45, 2.75) is 13.5 Å². The van der Waals surface area contributed by atoms with E-state index in [0.717, 1.165) is 34.2 Å². The highest BCUT2D eigenvalue weighted by atomic mass is 35.5. The van der Waals surface area contributed by atoms with Gasteiger partial charge in [0.2, 0.25) is 0 Å². The Kier molecular flexibility index (Phi) is 6.16. The van der Waals surface area contributed by atoms with Gasteiger partial charge in [0.15, 0.2) is 0 Å². The minimum atomic E-state index is 0. The van der Waals surface area contributed by atoms with E-state index in [-0.39, 0.29) is 12.4 Å². The van der Waals surface area contributed by atoms with Crippen LogP contribution < -0.4 is 5.32 Å².